The third-order valence-corrected chi connectivity index (χ3v) is 2.27. The molecule has 2 rings (SSSR count). The largest absolute Gasteiger partial charge is 0.476 e. The maximum atomic E-state index is 11.9. The molecule has 1 amide bonds. The molecule has 0 aliphatic rings. The van der Waals surface area contributed by atoms with Gasteiger partial charge in [-0.15, -0.1) is 0 Å². The van der Waals surface area contributed by atoms with Crippen LogP contribution in [-0.4, -0.2) is 31.9 Å². The Hall–Kier alpha value is -2.83. The van der Waals surface area contributed by atoms with Crippen LogP contribution in [-0.2, 0) is 0 Å². The zero-order chi connectivity index (χ0) is 13.8. The average molecular weight is 258 g/mol. The van der Waals surface area contributed by atoms with Crippen molar-refractivity contribution in [1.82, 2.24) is 15.0 Å². The molecule has 0 aliphatic carbocycles. The minimum atomic E-state index is -1.31. The highest BCUT2D eigenvalue weighted by Gasteiger charge is 2.19. The Labute approximate surface area is 108 Å². The number of anilines is 1. The maximum Gasteiger partial charge on any atom is 0.356 e. The summed E-state index contributed by atoms with van der Waals surface area (Å²) in [6.45, 7) is 1.86. The number of amides is 1. The summed E-state index contributed by atoms with van der Waals surface area (Å²) in [6, 6.07) is 3.39. The Bertz CT molecular complexity index is 625. The molecule has 2 N–H and O–H groups in total. The molecule has 2 aromatic heterocycles. The van der Waals surface area contributed by atoms with E-state index in [9.17, 15) is 9.59 Å². The van der Waals surface area contributed by atoms with Gasteiger partial charge < -0.3 is 10.4 Å². The number of carboxylic acids is 1. The first-order chi connectivity index (χ1) is 9.08. The fourth-order valence-corrected chi connectivity index (χ4v) is 1.38. The fourth-order valence-electron chi connectivity index (χ4n) is 1.38. The molecule has 0 atom stereocenters. The second-order valence-corrected chi connectivity index (χ2v) is 3.73. The second kappa shape index (κ2) is 5.21. The van der Waals surface area contributed by atoms with Crippen LogP contribution in [0.1, 0.15) is 26.5 Å². The highest BCUT2D eigenvalue weighted by atomic mass is 16.4. The lowest BCUT2D eigenvalue weighted by Crippen LogP contribution is -2.19. The van der Waals surface area contributed by atoms with Gasteiger partial charge in [0.25, 0.3) is 5.91 Å². The van der Waals surface area contributed by atoms with Crippen LogP contribution in [0.25, 0.3) is 0 Å². The first kappa shape index (κ1) is 12.6. The van der Waals surface area contributed by atoms with E-state index in [1.807, 2.05) is 6.92 Å². The van der Waals surface area contributed by atoms with Crippen LogP contribution in [0.2, 0.25) is 0 Å². The number of carbonyl (C=O) groups excluding carboxylic acids is 1. The summed E-state index contributed by atoms with van der Waals surface area (Å²) in [5.41, 5.74) is 0.299. The van der Waals surface area contributed by atoms with Crippen molar-refractivity contribution in [3.8, 4) is 0 Å². The average Bonchev–Trinajstić information content (AvgIpc) is 2.41. The van der Waals surface area contributed by atoms with E-state index in [0.29, 0.717) is 5.82 Å². The predicted octanol–water partition coefficient (Wildman–Crippen LogP) is 1.13. The van der Waals surface area contributed by atoms with Crippen LogP contribution in [0.5, 0.6) is 0 Å². The van der Waals surface area contributed by atoms with E-state index in [0.717, 1.165) is 5.56 Å². The lowest BCUT2D eigenvalue weighted by molar-refractivity contribution is 0.0685. The first-order valence-corrected chi connectivity index (χ1v) is 5.36. The van der Waals surface area contributed by atoms with Crippen molar-refractivity contribution in [3.05, 3.63) is 47.7 Å². The number of aryl methyl sites for hydroxylation is 1. The van der Waals surface area contributed by atoms with Crippen molar-refractivity contribution >= 4 is 17.7 Å². The van der Waals surface area contributed by atoms with Crippen molar-refractivity contribution < 1.29 is 14.7 Å². The minimum Gasteiger partial charge on any atom is -0.476 e. The molecule has 7 nitrogen and oxygen atoms in total. The predicted molar refractivity (Wildman–Crippen MR) is 65.9 cm³/mol. The number of carboxylic acid groups (broad SMARTS) is 1. The number of carbonyl (C=O) groups is 2. The SMILES string of the molecule is Cc1ccc(NC(=O)c2nccnc2C(=O)O)nc1. The van der Waals surface area contributed by atoms with Gasteiger partial charge >= 0.3 is 5.97 Å². The summed E-state index contributed by atoms with van der Waals surface area (Å²) >= 11 is 0. The van der Waals surface area contributed by atoms with Crippen molar-refractivity contribution in [3.63, 3.8) is 0 Å². The van der Waals surface area contributed by atoms with Gasteiger partial charge in [0, 0.05) is 18.6 Å². The monoisotopic (exact) mass is 258 g/mol. The Morgan fingerprint density at radius 1 is 1.11 bits per heavy atom. The number of hydrogen-bond acceptors (Lipinski definition) is 5. The Morgan fingerprint density at radius 2 is 1.79 bits per heavy atom. The molecule has 0 radical (unpaired) electrons. The normalized spacial score (nSPS) is 9.95. The standard InChI is InChI=1S/C12H10N4O3/c1-7-2-3-8(15-6-7)16-11(17)9-10(12(18)19)14-5-4-13-9/h2-6H,1H3,(H,18,19)(H,15,16,17). The molecular weight excluding hydrogens is 248 g/mol. The number of hydrogen-bond donors (Lipinski definition) is 2. The first-order valence-electron chi connectivity index (χ1n) is 5.36. The molecular formula is C12H10N4O3. The summed E-state index contributed by atoms with van der Waals surface area (Å²) in [6.07, 6.45) is 4.05. The third kappa shape index (κ3) is 2.89. The van der Waals surface area contributed by atoms with Gasteiger partial charge in [-0.3, -0.25) is 4.79 Å². The topological polar surface area (TPSA) is 105 Å². The number of aromatic carboxylic acids is 1. The van der Waals surface area contributed by atoms with Gasteiger partial charge in [-0.1, -0.05) is 6.07 Å². The third-order valence-electron chi connectivity index (χ3n) is 2.27. The zero-order valence-corrected chi connectivity index (χ0v) is 9.99. The molecule has 0 aromatic carbocycles. The highest BCUT2D eigenvalue weighted by Crippen LogP contribution is 2.08. The Balaban J connectivity index is 2.25. The fraction of sp³-hybridized carbons (Fsp3) is 0.0833. The molecule has 0 spiro atoms. The number of rotatable bonds is 3. The molecule has 0 aliphatic heterocycles. The van der Waals surface area contributed by atoms with Gasteiger partial charge in [-0.05, 0) is 18.6 Å². The summed E-state index contributed by atoms with van der Waals surface area (Å²) in [5, 5.41) is 11.4. The van der Waals surface area contributed by atoms with Crippen molar-refractivity contribution in [2.75, 3.05) is 5.32 Å². The number of pyridine rings is 1. The van der Waals surface area contributed by atoms with Crippen LogP contribution >= 0.6 is 0 Å². The van der Waals surface area contributed by atoms with Crippen molar-refractivity contribution in [2.24, 2.45) is 0 Å². The molecule has 0 bridgehead atoms. The summed E-state index contributed by atoms with van der Waals surface area (Å²) in [4.78, 5) is 34.2. The Kier molecular flexibility index (Phi) is 3.46. The molecule has 7 heteroatoms. The molecule has 19 heavy (non-hydrogen) atoms. The van der Waals surface area contributed by atoms with E-state index < -0.39 is 17.6 Å². The Morgan fingerprint density at radius 3 is 2.37 bits per heavy atom. The van der Waals surface area contributed by atoms with Gasteiger partial charge in [-0.2, -0.15) is 0 Å². The van der Waals surface area contributed by atoms with Crippen molar-refractivity contribution in [2.45, 2.75) is 6.92 Å². The molecule has 0 unspecified atom stereocenters. The van der Waals surface area contributed by atoms with E-state index in [2.05, 4.69) is 20.3 Å². The lowest BCUT2D eigenvalue weighted by atomic mass is 10.2. The quantitative estimate of drug-likeness (QED) is 0.854. The van der Waals surface area contributed by atoms with Crippen LogP contribution in [0.15, 0.2) is 30.7 Å². The number of nitrogens with one attached hydrogen (secondary N) is 1. The highest BCUT2D eigenvalue weighted by molar-refractivity contribution is 6.08. The van der Waals surface area contributed by atoms with Crippen molar-refractivity contribution in [1.29, 1.82) is 0 Å². The van der Waals surface area contributed by atoms with E-state index in [-0.39, 0.29) is 5.69 Å². The maximum absolute atomic E-state index is 11.9. The van der Waals surface area contributed by atoms with Gasteiger partial charge in [0.05, 0.1) is 0 Å². The van der Waals surface area contributed by atoms with E-state index in [4.69, 9.17) is 5.11 Å². The number of aromatic nitrogens is 3. The van der Waals surface area contributed by atoms with Crippen LogP contribution in [0.4, 0.5) is 5.82 Å². The summed E-state index contributed by atoms with van der Waals surface area (Å²) in [7, 11) is 0. The molecule has 0 fully saturated rings. The molecule has 0 saturated heterocycles. The lowest BCUT2D eigenvalue weighted by Gasteiger charge is -2.05. The van der Waals surface area contributed by atoms with Crippen LogP contribution < -0.4 is 5.32 Å². The van der Waals surface area contributed by atoms with Crippen LogP contribution in [0, 0.1) is 6.92 Å². The second-order valence-electron chi connectivity index (χ2n) is 3.73. The van der Waals surface area contributed by atoms with Gasteiger partial charge in [0.15, 0.2) is 11.4 Å². The molecule has 96 valence electrons. The molecule has 0 saturated carbocycles. The number of nitrogens with zero attached hydrogens (tertiary/aromatic N) is 3. The van der Waals surface area contributed by atoms with Gasteiger partial charge in [0.2, 0.25) is 0 Å². The zero-order valence-electron chi connectivity index (χ0n) is 9.99. The minimum absolute atomic E-state index is 0.252. The van der Waals surface area contributed by atoms with Gasteiger partial charge in [-0.25, -0.2) is 19.7 Å². The van der Waals surface area contributed by atoms with E-state index in [1.54, 1.807) is 18.3 Å². The van der Waals surface area contributed by atoms with Crippen LogP contribution in [0.3, 0.4) is 0 Å². The molecule has 2 aromatic rings. The summed E-state index contributed by atoms with van der Waals surface area (Å²) < 4.78 is 0. The smallest absolute Gasteiger partial charge is 0.356 e. The van der Waals surface area contributed by atoms with E-state index in [1.165, 1.54) is 12.4 Å². The summed E-state index contributed by atoms with van der Waals surface area (Å²) in [5.74, 6) is -1.66. The molecule has 2 heterocycles. The van der Waals surface area contributed by atoms with Gasteiger partial charge in [0.1, 0.15) is 5.82 Å². The van der Waals surface area contributed by atoms with E-state index >= 15 is 0 Å².